The van der Waals surface area contributed by atoms with E-state index in [0.717, 1.165) is 30.5 Å². The molecular formula is C17H25N3O2S. The number of benzene rings is 1. The Hall–Kier alpha value is -0.950. The molecule has 3 aliphatic heterocycles. The first kappa shape index (κ1) is 15.6. The van der Waals surface area contributed by atoms with Crippen molar-refractivity contribution in [2.24, 2.45) is 11.8 Å². The second-order valence-electron chi connectivity index (χ2n) is 7.48. The third-order valence-corrected chi connectivity index (χ3v) is 7.55. The molecule has 3 fully saturated rings. The summed E-state index contributed by atoms with van der Waals surface area (Å²) >= 11 is 0. The van der Waals surface area contributed by atoms with Gasteiger partial charge in [-0.15, -0.1) is 0 Å². The van der Waals surface area contributed by atoms with Crippen LogP contribution in [-0.2, 0) is 10.0 Å². The number of aryl methyl sites for hydroxylation is 1. The summed E-state index contributed by atoms with van der Waals surface area (Å²) in [7, 11) is -1.11. The lowest BCUT2D eigenvalue weighted by Crippen LogP contribution is -2.60. The van der Waals surface area contributed by atoms with Crippen LogP contribution in [-0.4, -0.2) is 74.9 Å². The molecule has 0 N–H and O–H groups in total. The van der Waals surface area contributed by atoms with Crippen molar-refractivity contribution < 1.29 is 8.42 Å². The van der Waals surface area contributed by atoms with Crippen LogP contribution in [0.25, 0.3) is 0 Å². The van der Waals surface area contributed by atoms with E-state index in [1.165, 1.54) is 13.1 Å². The number of likely N-dealkylation sites (tertiary alicyclic amines) is 2. The molecule has 5 nitrogen and oxygen atoms in total. The summed E-state index contributed by atoms with van der Waals surface area (Å²) in [6, 6.07) is 7.57. The molecule has 0 radical (unpaired) electrons. The Kier molecular flexibility index (Phi) is 3.76. The minimum absolute atomic E-state index is 0.408. The smallest absolute Gasteiger partial charge is 0.243 e. The maximum absolute atomic E-state index is 12.6. The molecule has 23 heavy (non-hydrogen) atoms. The Morgan fingerprint density at radius 1 is 0.913 bits per heavy atom. The Balaban J connectivity index is 1.37. The number of hydrogen-bond acceptors (Lipinski definition) is 4. The van der Waals surface area contributed by atoms with Crippen molar-refractivity contribution in [2.75, 3.05) is 46.3 Å². The third-order valence-electron chi connectivity index (χ3n) is 5.70. The highest BCUT2D eigenvalue weighted by Crippen LogP contribution is 2.34. The van der Waals surface area contributed by atoms with Crippen molar-refractivity contribution in [1.82, 2.24) is 14.1 Å². The van der Waals surface area contributed by atoms with Crippen molar-refractivity contribution in [2.45, 2.75) is 17.9 Å². The summed E-state index contributed by atoms with van der Waals surface area (Å²) in [6.07, 6.45) is 0. The van der Waals surface area contributed by atoms with E-state index in [1.54, 1.807) is 16.4 Å². The van der Waals surface area contributed by atoms with E-state index >= 15 is 0 Å². The van der Waals surface area contributed by atoms with E-state index in [9.17, 15) is 8.42 Å². The van der Waals surface area contributed by atoms with Gasteiger partial charge in [-0.2, -0.15) is 4.31 Å². The molecule has 0 amide bonds. The van der Waals surface area contributed by atoms with Crippen LogP contribution in [0, 0.1) is 18.8 Å². The van der Waals surface area contributed by atoms with Crippen molar-refractivity contribution >= 4 is 10.0 Å². The first-order valence-electron chi connectivity index (χ1n) is 8.43. The zero-order valence-corrected chi connectivity index (χ0v) is 14.7. The van der Waals surface area contributed by atoms with Gasteiger partial charge in [0.1, 0.15) is 0 Å². The molecule has 0 unspecified atom stereocenters. The lowest BCUT2D eigenvalue weighted by molar-refractivity contribution is 0.0991. The van der Waals surface area contributed by atoms with Crippen molar-refractivity contribution in [3.8, 4) is 0 Å². The van der Waals surface area contributed by atoms with Crippen LogP contribution in [0.1, 0.15) is 5.56 Å². The summed E-state index contributed by atoms with van der Waals surface area (Å²) in [6.45, 7) is 7.92. The maximum Gasteiger partial charge on any atom is 0.243 e. The highest BCUT2D eigenvalue weighted by atomic mass is 32.2. The maximum atomic E-state index is 12.6. The van der Waals surface area contributed by atoms with E-state index in [0.29, 0.717) is 24.0 Å². The topological polar surface area (TPSA) is 43.9 Å². The van der Waals surface area contributed by atoms with E-state index in [4.69, 9.17) is 0 Å². The monoisotopic (exact) mass is 335 g/mol. The molecule has 3 saturated heterocycles. The third kappa shape index (κ3) is 2.71. The minimum Gasteiger partial charge on any atom is -0.306 e. The Bertz CT molecular complexity index is 668. The van der Waals surface area contributed by atoms with Gasteiger partial charge in [0.2, 0.25) is 10.0 Å². The molecule has 4 rings (SSSR count). The highest BCUT2D eigenvalue weighted by molar-refractivity contribution is 7.89. The normalized spacial score (nSPS) is 30.5. The van der Waals surface area contributed by atoms with Gasteiger partial charge in [-0.05, 0) is 37.9 Å². The summed E-state index contributed by atoms with van der Waals surface area (Å²) < 4.78 is 26.9. The molecule has 2 atom stereocenters. The van der Waals surface area contributed by atoms with Gasteiger partial charge in [-0.3, -0.25) is 4.90 Å². The summed E-state index contributed by atoms with van der Waals surface area (Å²) in [5.41, 5.74) is 1.08. The minimum atomic E-state index is -3.31. The molecular weight excluding hydrogens is 310 g/mol. The average molecular weight is 335 g/mol. The van der Waals surface area contributed by atoms with Gasteiger partial charge >= 0.3 is 0 Å². The number of nitrogens with zero attached hydrogens (tertiary/aromatic N) is 3. The molecule has 0 saturated carbocycles. The van der Waals surface area contributed by atoms with Crippen molar-refractivity contribution in [1.29, 1.82) is 0 Å². The summed E-state index contributed by atoms with van der Waals surface area (Å²) in [4.78, 5) is 5.35. The van der Waals surface area contributed by atoms with Gasteiger partial charge in [0.25, 0.3) is 0 Å². The van der Waals surface area contributed by atoms with Gasteiger partial charge in [0, 0.05) is 45.3 Å². The molecule has 3 heterocycles. The average Bonchev–Trinajstić information content (AvgIpc) is 2.94. The van der Waals surface area contributed by atoms with Crippen LogP contribution in [0.2, 0.25) is 0 Å². The fourth-order valence-corrected chi connectivity index (χ4v) is 5.78. The second-order valence-corrected chi connectivity index (χ2v) is 9.42. The SMILES string of the molecule is Cc1ccc(S(=O)(=O)N2CC(N3C[C@H]4CN(C)C[C@H]4C3)C2)cc1. The number of hydrogen-bond donors (Lipinski definition) is 0. The summed E-state index contributed by atoms with van der Waals surface area (Å²) in [5.74, 6) is 1.56. The van der Waals surface area contributed by atoms with E-state index < -0.39 is 10.0 Å². The van der Waals surface area contributed by atoms with Crippen LogP contribution in [0.15, 0.2) is 29.2 Å². The predicted molar refractivity (Wildman–Crippen MR) is 89.8 cm³/mol. The molecule has 6 heteroatoms. The van der Waals surface area contributed by atoms with Crippen LogP contribution < -0.4 is 0 Å². The number of fused-ring (bicyclic) bond motifs is 1. The Labute approximate surface area is 138 Å². The first-order chi connectivity index (χ1) is 10.9. The zero-order chi connectivity index (χ0) is 16.2. The fourth-order valence-electron chi connectivity index (χ4n) is 4.27. The highest BCUT2D eigenvalue weighted by Gasteiger charge is 2.46. The standard InChI is InChI=1S/C17H25N3O2S/c1-13-3-5-17(6-4-13)23(21,22)20-11-16(12-20)19-9-14-7-18(2)8-15(14)10-19/h3-6,14-16H,7-12H2,1-2H3/t14-,15+. The molecule has 0 aliphatic carbocycles. The summed E-state index contributed by atoms with van der Waals surface area (Å²) in [5, 5.41) is 0. The lowest BCUT2D eigenvalue weighted by atomic mass is 10.0. The molecule has 3 aliphatic rings. The van der Waals surface area contributed by atoms with E-state index in [1.807, 2.05) is 19.1 Å². The molecule has 0 spiro atoms. The van der Waals surface area contributed by atoms with Gasteiger partial charge in [0.05, 0.1) is 4.90 Å². The van der Waals surface area contributed by atoms with Crippen LogP contribution in [0.3, 0.4) is 0 Å². The predicted octanol–water partition coefficient (Wildman–Crippen LogP) is 0.861. The number of sulfonamides is 1. The van der Waals surface area contributed by atoms with Crippen LogP contribution in [0.4, 0.5) is 0 Å². The van der Waals surface area contributed by atoms with Crippen LogP contribution in [0.5, 0.6) is 0 Å². The van der Waals surface area contributed by atoms with Gasteiger partial charge in [0.15, 0.2) is 0 Å². The molecule has 0 aromatic heterocycles. The Morgan fingerprint density at radius 3 is 2.04 bits per heavy atom. The van der Waals surface area contributed by atoms with E-state index in [2.05, 4.69) is 16.8 Å². The molecule has 126 valence electrons. The molecule has 0 bridgehead atoms. The second kappa shape index (κ2) is 5.55. The quantitative estimate of drug-likeness (QED) is 0.822. The van der Waals surface area contributed by atoms with Gasteiger partial charge in [-0.1, -0.05) is 17.7 Å². The van der Waals surface area contributed by atoms with Gasteiger partial charge < -0.3 is 4.90 Å². The van der Waals surface area contributed by atoms with Crippen LogP contribution >= 0.6 is 0 Å². The van der Waals surface area contributed by atoms with E-state index in [-0.39, 0.29) is 0 Å². The Morgan fingerprint density at radius 2 is 1.48 bits per heavy atom. The lowest BCUT2D eigenvalue weighted by Gasteiger charge is -2.43. The largest absolute Gasteiger partial charge is 0.306 e. The zero-order valence-electron chi connectivity index (χ0n) is 13.9. The van der Waals surface area contributed by atoms with Crippen molar-refractivity contribution in [3.05, 3.63) is 29.8 Å². The fraction of sp³-hybridized carbons (Fsp3) is 0.647. The first-order valence-corrected chi connectivity index (χ1v) is 9.87. The van der Waals surface area contributed by atoms with Gasteiger partial charge in [-0.25, -0.2) is 8.42 Å². The van der Waals surface area contributed by atoms with Crippen molar-refractivity contribution in [3.63, 3.8) is 0 Å². The molecule has 1 aromatic carbocycles. The number of rotatable bonds is 3. The molecule has 1 aromatic rings.